The molecule has 0 bridgehead atoms. The second-order valence-corrected chi connectivity index (χ2v) is 8.25. The van der Waals surface area contributed by atoms with E-state index in [1.54, 1.807) is 31.2 Å². The van der Waals surface area contributed by atoms with Crippen LogP contribution in [0.1, 0.15) is 63.4 Å². The second-order valence-electron chi connectivity index (χ2n) is 8.25. The van der Waals surface area contributed by atoms with Crippen molar-refractivity contribution in [3.8, 4) is 5.75 Å². The Balaban J connectivity index is 1.93. The zero-order valence-corrected chi connectivity index (χ0v) is 17.5. The molecule has 0 saturated carbocycles. The minimum absolute atomic E-state index is 0.146. The summed E-state index contributed by atoms with van der Waals surface area (Å²) in [6.07, 6.45) is -0.645. The number of nitrogens with one attached hydrogen (secondary N) is 2. The first-order chi connectivity index (χ1) is 13.0. The first kappa shape index (κ1) is 21.5. The van der Waals surface area contributed by atoms with Crippen LogP contribution < -0.4 is 15.4 Å². The predicted molar refractivity (Wildman–Crippen MR) is 113 cm³/mol. The smallest absolute Gasteiger partial charge is 0.265 e. The molecule has 0 aliphatic heterocycles. The maximum atomic E-state index is 12.4. The van der Waals surface area contributed by atoms with E-state index in [4.69, 9.17) is 4.74 Å². The van der Waals surface area contributed by atoms with Crippen LogP contribution in [0.4, 0.5) is 5.69 Å². The molecule has 0 saturated heterocycles. The lowest BCUT2D eigenvalue weighted by Gasteiger charge is -2.20. The molecule has 28 heavy (non-hydrogen) atoms. The molecule has 2 rings (SSSR count). The monoisotopic (exact) mass is 382 g/mol. The van der Waals surface area contributed by atoms with Crippen LogP contribution in [0.25, 0.3) is 0 Å². The van der Waals surface area contributed by atoms with Crippen LogP contribution in [0.3, 0.4) is 0 Å². The molecule has 0 fully saturated rings. The van der Waals surface area contributed by atoms with Crippen molar-refractivity contribution < 1.29 is 14.3 Å². The summed E-state index contributed by atoms with van der Waals surface area (Å²) in [7, 11) is 0. The minimum Gasteiger partial charge on any atom is -0.481 e. The normalized spacial score (nSPS) is 12.4. The third kappa shape index (κ3) is 6.41. The van der Waals surface area contributed by atoms with Gasteiger partial charge in [0.15, 0.2) is 6.10 Å². The number of amides is 2. The number of carbonyl (C=O) groups excluding carboxylic acids is 2. The Kier molecular flexibility index (Phi) is 6.84. The Hall–Kier alpha value is -2.82. The topological polar surface area (TPSA) is 67.4 Å². The van der Waals surface area contributed by atoms with E-state index in [1.807, 2.05) is 45.0 Å². The molecule has 2 N–H and O–H groups in total. The Labute approximate surface area is 167 Å². The van der Waals surface area contributed by atoms with Crippen molar-refractivity contribution in [2.24, 2.45) is 0 Å². The average Bonchev–Trinajstić information content (AvgIpc) is 2.61. The van der Waals surface area contributed by atoms with E-state index in [0.717, 1.165) is 0 Å². The van der Waals surface area contributed by atoms with E-state index < -0.39 is 6.10 Å². The van der Waals surface area contributed by atoms with Gasteiger partial charge >= 0.3 is 0 Å². The van der Waals surface area contributed by atoms with Crippen LogP contribution >= 0.6 is 0 Å². The zero-order chi connectivity index (χ0) is 20.9. The second kappa shape index (κ2) is 8.91. The van der Waals surface area contributed by atoms with E-state index in [-0.39, 0.29) is 17.4 Å². The maximum absolute atomic E-state index is 12.4. The highest BCUT2D eigenvalue weighted by Gasteiger charge is 2.17. The van der Waals surface area contributed by atoms with Crippen molar-refractivity contribution >= 4 is 17.5 Å². The first-order valence-corrected chi connectivity index (χ1v) is 9.55. The molecule has 5 heteroatoms. The fourth-order valence-electron chi connectivity index (χ4n) is 2.55. The molecule has 0 aliphatic rings. The lowest BCUT2D eigenvalue weighted by molar-refractivity contribution is -0.122. The van der Waals surface area contributed by atoms with Crippen LogP contribution in [0.5, 0.6) is 5.75 Å². The summed E-state index contributed by atoms with van der Waals surface area (Å²) >= 11 is 0. The van der Waals surface area contributed by atoms with Crippen molar-refractivity contribution in [1.29, 1.82) is 0 Å². The van der Waals surface area contributed by atoms with Gasteiger partial charge in [0.25, 0.3) is 11.8 Å². The first-order valence-electron chi connectivity index (χ1n) is 9.55. The molecule has 2 amide bonds. The molecule has 0 radical (unpaired) electrons. The Morgan fingerprint density at radius 1 is 0.893 bits per heavy atom. The lowest BCUT2D eigenvalue weighted by atomic mass is 10.0. The molecule has 2 aromatic rings. The van der Waals surface area contributed by atoms with Gasteiger partial charge < -0.3 is 15.4 Å². The number of hydrogen-bond acceptors (Lipinski definition) is 3. The summed E-state index contributed by atoms with van der Waals surface area (Å²) in [6, 6.07) is 14.6. The molecule has 150 valence electrons. The zero-order valence-electron chi connectivity index (χ0n) is 17.5. The summed E-state index contributed by atoms with van der Waals surface area (Å²) in [6.45, 7) is 11.7. The minimum atomic E-state index is -0.645. The predicted octanol–water partition coefficient (Wildman–Crippen LogP) is 4.74. The highest BCUT2D eigenvalue weighted by molar-refractivity contribution is 5.97. The maximum Gasteiger partial charge on any atom is 0.265 e. The van der Waals surface area contributed by atoms with Crippen molar-refractivity contribution in [3.63, 3.8) is 0 Å². The van der Waals surface area contributed by atoms with Crippen molar-refractivity contribution in [3.05, 3.63) is 59.7 Å². The number of carbonyl (C=O) groups is 2. The van der Waals surface area contributed by atoms with Gasteiger partial charge in [0.2, 0.25) is 0 Å². The van der Waals surface area contributed by atoms with Gasteiger partial charge in [-0.25, -0.2) is 0 Å². The van der Waals surface area contributed by atoms with E-state index in [2.05, 4.69) is 24.5 Å². The van der Waals surface area contributed by atoms with Gasteiger partial charge in [-0.3, -0.25) is 9.59 Å². The number of benzene rings is 2. The third-order valence-corrected chi connectivity index (χ3v) is 4.13. The summed E-state index contributed by atoms with van der Waals surface area (Å²) in [5.41, 5.74) is 2.08. The fourth-order valence-corrected chi connectivity index (χ4v) is 2.55. The Bertz CT molecular complexity index is 803. The van der Waals surface area contributed by atoms with Gasteiger partial charge in [0.05, 0.1) is 0 Å². The van der Waals surface area contributed by atoms with E-state index in [1.165, 1.54) is 5.56 Å². The van der Waals surface area contributed by atoms with Crippen molar-refractivity contribution in [2.45, 2.75) is 59.1 Å². The molecule has 0 heterocycles. The van der Waals surface area contributed by atoms with Gasteiger partial charge in [0.1, 0.15) is 5.75 Å². The van der Waals surface area contributed by atoms with Crippen LogP contribution in [0.2, 0.25) is 0 Å². The van der Waals surface area contributed by atoms with Gasteiger partial charge in [-0.2, -0.15) is 0 Å². The van der Waals surface area contributed by atoms with Crippen molar-refractivity contribution in [2.75, 3.05) is 5.32 Å². The number of anilines is 1. The summed E-state index contributed by atoms with van der Waals surface area (Å²) in [5.74, 6) is 0.705. The molecule has 1 atom stereocenters. The molecule has 5 nitrogen and oxygen atoms in total. The van der Waals surface area contributed by atoms with Gasteiger partial charge in [-0.15, -0.1) is 0 Å². The quantitative estimate of drug-likeness (QED) is 0.758. The van der Waals surface area contributed by atoms with E-state index in [0.29, 0.717) is 22.9 Å². The number of rotatable bonds is 6. The molecular formula is C23H30N2O3. The number of hydrogen-bond donors (Lipinski definition) is 2. The van der Waals surface area contributed by atoms with Gasteiger partial charge in [-0.1, -0.05) is 26.0 Å². The Morgan fingerprint density at radius 3 is 1.96 bits per heavy atom. The summed E-state index contributed by atoms with van der Waals surface area (Å²) in [5, 5.41) is 5.72. The molecule has 0 spiro atoms. The van der Waals surface area contributed by atoms with E-state index in [9.17, 15) is 9.59 Å². The Morgan fingerprint density at radius 2 is 1.46 bits per heavy atom. The van der Waals surface area contributed by atoms with Gasteiger partial charge in [0, 0.05) is 16.8 Å². The molecule has 2 aromatic carbocycles. The van der Waals surface area contributed by atoms with E-state index >= 15 is 0 Å². The molecule has 0 aromatic heterocycles. The SMILES string of the molecule is CC(Oc1ccc(C(C)C)cc1)C(=O)Nc1ccc(C(=O)NC(C)(C)C)cc1. The standard InChI is InChI=1S/C23H30N2O3/c1-15(2)17-9-13-20(14-10-17)28-16(3)21(26)24-19-11-7-18(8-12-19)22(27)25-23(4,5)6/h7-16H,1-6H3,(H,24,26)(H,25,27). The van der Waals surface area contributed by atoms with Crippen molar-refractivity contribution in [1.82, 2.24) is 5.32 Å². The highest BCUT2D eigenvalue weighted by atomic mass is 16.5. The van der Waals surface area contributed by atoms with Crippen LogP contribution in [0.15, 0.2) is 48.5 Å². The number of ether oxygens (including phenoxy) is 1. The summed E-state index contributed by atoms with van der Waals surface area (Å²) < 4.78 is 5.72. The highest BCUT2D eigenvalue weighted by Crippen LogP contribution is 2.20. The third-order valence-electron chi connectivity index (χ3n) is 4.13. The largest absolute Gasteiger partial charge is 0.481 e. The van der Waals surface area contributed by atoms with Crippen LogP contribution in [-0.2, 0) is 4.79 Å². The lowest BCUT2D eigenvalue weighted by Crippen LogP contribution is -2.40. The van der Waals surface area contributed by atoms with Crippen LogP contribution in [0, 0.1) is 0 Å². The van der Waals surface area contributed by atoms with Gasteiger partial charge in [-0.05, 0) is 75.6 Å². The average molecular weight is 383 g/mol. The fraction of sp³-hybridized carbons (Fsp3) is 0.391. The van der Waals surface area contributed by atoms with Crippen LogP contribution in [-0.4, -0.2) is 23.5 Å². The molecule has 0 aliphatic carbocycles. The molecule has 1 unspecified atom stereocenters. The summed E-state index contributed by atoms with van der Waals surface area (Å²) in [4.78, 5) is 24.5. The molecular weight excluding hydrogens is 352 g/mol.